The summed E-state index contributed by atoms with van der Waals surface area (Å²) in [4.78, 5) is 0. The minimum atomic E-state index is 0.201. The maximum Gasteiger partial charge on any atom is 0.120 e. The second-order valence-corrected chi connectivity index (χ2v) is 3.89. The van der Waals surface area contributed by atoms with Crippen LogP contribution < -0.4 is 5.32 Å². The summed E-state index contributed by atoms with van der Waals surface area (Å²) in [5, 5.41) is 21.9. The van der Waals surface area contributed by atoms with Crippen molar-refractivity contribution < 1.29 is 5.11 Å². The highest BCUT2D eigenvalue weighted by Crippen LogP contribution is 2.30. The molecular formula is C12H14N2O. The van der Waals surface area contributed by atoms with Gasteiger partial charge in [-0.2, -0.15) is 5.26 Å². The van der Waals surface area contributed by atoms with Crippen molar-refractivity contribution in [2.75, 3.05) is 6.54 Å². The third kappa shape index (κ3) is 2.11. The number of piperidine rings is 1. The van der Waals surface area contributed by atoms with Gasteiger partial charge in [-0.1, -0.05) is 6.42 Å². The van der Waals surface area contributed by atoms with E-state index < -0.39 is 0 Å². The number of nitrogens with one attached hydrogen (secondary N) is 1. The quantitative estimate of drug-likeness (QED) is 0.733. The number of phenols is 1. The number of hydrogen-bond donors (Lipinski definition) is 2. The normalized spacial score (nSPS) is 20.9. The molecule has 78 valence electrons. The molecule has 0 amide bonds. The molecule has 0 bridgehead atoms. The van der Waals surface area contributed by atoms with E-state index in [1.54, 1.807) is 18.2 Å². The van der Waals surface area contributed by atoms with Gasteiger partial charge in [0, 0.05) is 11.6 Å². The molecule has 2 rings (SSSR count). The zero-order valence-corrected chi connectivity index (χ0v) is 8.53. The molecule has 1 saturated heterocycles. The Kier molecular flexibility index (Phi) is 2.89. The highest BCUT2D eigenvalue weighted by atomic mass is 16.3. The first kappa shape index (κ1) is 10.0. The molecule has 0 aliphatic carbocycles. The maximum atomic E-state index is 9.73. The van der Waals surface area contributed by atoms with Crippen molar-refractivity contribution in [3.8, 4) is 11.8 Å². The fourth-order valence-corrected chi connectivity index (χ4v) is 2.02. The van der Waals surface area contributed by atoms with E-state index in [0.717, 1.165) is 18.5 Å². The summed E-state index contributed by atoms with van der Waals surface area (Å²) < 4.78 is 0. The molecule has 15 heavy (non-hydrogen) atoms. The predicted molar refractivity (Wildman–Crippen MR) is 57.4 cm³/mol. The minimum absolute atomic E-state index is 0.201. The predicted octanol–water partition coefficient (Wildman–Crippen LogP) is 2.08. The molecular weight excluding hydrogens is 188 g/mol. The molecule has 3 heteroatoms. The van der Waals surface area contributed by atoms with Gasteiger partial charge in [0.05, 0.1) is 11.6 Å². The van der Waals surface area contributed by atoms with E-state index in [2.05, 4.69) is 11.4 Å². The maximum absolute atomic E-state index is 9.73. The summed E-state index contributed by atoms with van der Waals surface area (Å²) in [6.07, 6.45) is 3.39. The first-order chi connectivity index (χ1) is 7.31. The third-order valence-electron chi connectivity index (χ3n) is 2.84. The summed E-state index contributed by atoms with van der Waals surface area (Å²) >= 11 is 0. The van der Waals surface area contributed by atoms with Gasteiger partial charge in [-0.3, -0.25) is 0 Å². The molecule has 0 unspecified atom stereocenters. The Labute approximate surface area is 89.4 Å². The highest BCUT2D eigenvalue weighted by molar-refractivity contribution is 5.43. The van der Waals surface area contributed by atoms with E-state index in [0.29, 0.717) is 5.56 Å². The topological polar surface area (TPSA) is 56.0 Å². The van der Waals surface area contributed by atoms with E-state index in [1.807, 2.05) is 0 Å². The van der Waals surface area contributed by atoms with Crippen LogP contribution in [0, 0.1) is 11.3 Å². The standard InChI is InChI=1S/C12H14N2O/c13-8-9-4-5-12(15)10(7-9)11-3-1-2-6-14-11/h4-5,7,11,14-15H,1-3,6H2/t11-/m0/s1. The lowest BCUT2D eigenvalue weighted by Gasteiger charge is -2.24. The van der Waals surface area contributed by atoms with Crippen LogP contribution in [-0.2, 0) is 0 Å². The Bertz CT molecular complexity index is 389. The van der Waals surface area contributed by atoms with Gasteiger partial charge in [0.1, 0.15) is 5.75 Å². The Hall–Kier alpha value is -1.53. The Morgan fingerprint density at radius 3 is 2.93 bits per heavy atom. The zero-order valence-electron chi connectivity index (χ0n) is 8.53. The van der Waals surface area contributed by atoms with Crippen molar-refractivity contribution in [3.63, 3.8) is 0 Å². The van der Waals surface area contributed by atoms with Gasteiger partial charge < -0.3 is 10.4 Å². The molecule has 0 spiro atoms. The van der Waals surface area contributed by atoms with Crippen molar-refractivity contribution in [1.82, 2.24) is 5.32 Å². The van der Waals surface area contributed by atoms with Crippen molar-refractivity contribution in [2.24, 2.45) is 0 Å². The van der Waals surface area contributed by atoms with Crippen molar-refractivity contribution in [3.05, 3.63) is 29.3 Å². The molecule has 1 fully saturated rings. The Morgan fingerprint density at radius 2 is 2.27 bits per heavy atom. The van der Waals surface area contributed by atoms with E-state index in [4.69, 9.17) is 5.26 Å². The molecule has 1 heterocycles. The van der Waals surface area contributed by atoms with Crippen molar-refractivity contribution in [1.29, 1.82) is 5.26 Å². The second kappa shape index (κ2) is 4.33. The number of benzene rings is 1. The smallest absolute Gasteiger partial charge is 0.120 e. The Balaban J connectivity index is 2.29. The van der Waals surface area contributed by atoms with Gasteiger partial charge in [-0.05, 0) is 37.6 Å². The number of phenolic OH excluding ortho intramolecular Hbond substituents is 1. The van der Waals surface area contributed by atoms with Crippen LogP contribution in [0.1, 0.15) is 36.4 Å². The summed E-state index contributed by atoms with van der Waals surface area (Å²) in [6.45, 7) is 0.987. The number of hydrogen-bond acceptors (Lipinski definition) is 3. The fourth-order valence-electron chi connectivity index (χ4n) is 2.02. The van der Waals surface area contributed by atoms with Gasteiger partial charge in [0.2, 0.25) is 0 Å². The molecule has 0 aromatic heterocycles. The zero-order chi connectivity index (χ0) is 10.7. The minimum Gasteiger partial charge on any atom is -0.508 e. The molecule has 1 atom stereocenters. The van der Waals surface area contributed by atoms with Crippen LogP contribution in [0.5, 0.6) is 5.75 Å². The van der Waals surface area contributed by atoms with Crippen LogP contribution in [0.15, 0.2) is 18.2 Å². The van der Waals surface area contributed by atoms with Crippen LogP contribution >= 0.6 is 0 Å². The summed E-state index contributed by atoms with van der Waals surface area (Å²) in [5.41, 5.74) is 1.46. The third-order valence-corrected chi connectivity index (χ3v) is 2.84. The lowest BCUT2D eigenvalue weighted by atomic mass is 9.95. The highest BCUT2D eigenvalue weighted by Gasteiger charge is 2.17. The van der Waals surface area contributed by atoms with E-state index in [1.165, 1.54) is 12.8 Å². The summed E-state index contributed by atoms with van der Waals surface area (Å²) in [5.74, 6) is 0.286. The SMILES string of the molecule is N#Cc1ccc(O)c([C@@H]2CCCCN2)c1. The van der Waals surface area contributed by atoms with Gasteiger partial charge in [0.15, 0.2) is 0 Å². The monoisotopic (exact) mass is 202 g/mol. The van der Waals surface area contributed by atoms with Gasteiger partial charge >= 0.3 is 0 Å². The van der Waals surface area contributed by atoms with Crippen LogP contribution in [0.2, 0.25) is 0 Å². The molecule has 1 aromatic carbocycles. The molecule has 0 saturated carbocycles. The average Bonchev–Trinajstić information content (AvgIpc) is 2.31. The van der Waals surface area contributed by atoms with E-state index in [-0.39, 0.29) is 11.8 Å². The second-order valence-electron chi connectivity index (χ2n) is 3.89. The molecule has 1 aromatic rings. The average molecular weight is 202 g/mol. The van der Waals surface area contributed by atoms with Crippen molar-refractivity contribution in [2.45, 2.75) is 25.3 Å². The first-order valence-corrected chi connectivity index (χ1v) is 5.27. The largest absolute Gasteiger partial charge is 0.508 e. The van der Waals surface area contributed by atoms with E-state index in [9.17, 15) is 5.11 Å². The van der Waals surface area contributed by atoms with Gasteiger partial charge in [-0.25, -0.2) is 0 Å². The van der Waals surface area contributed by atoms with E-state index >= 15 is 0 Å². The lowest BCUT2D eigenvalue weighted by molar-refractivity contribution is 0.391. The summed E-state index contributed by atoms with van der Waals surface area (Å²) in [6, 6.07) is 7.31. The lowest BCUT2D eigenvalue weighted by Crippen LogP contribution is -2.26. The molecule has 1 aliphatic heterocycles. The number of rotatable bonds is 1. The van der Waals surface area contributed by atoms with Crippen molar-refractivity contribution >= 4 is 0 Å². The van der Waals surface area contributed by atoms with Crippen LogP contribution in [0.4, 0.5) is 0 Å². The number of nitriles is 1. The number of aromatic hydroxyl groups is 1. The van der Waals surface area contributed by atoms with Gasteiger partial charge in [0.25, 0.3) is 0 Å². The summed E-state index contributed by atoms with van der Waals surface area (Å²) in [7, 11) is 0. The fraction of sp³-hybridized carbons (Fsp3) is 0.417. The molecule has 2 N–H and O–H groups in total. The van der Waals surface area contributed by atoms with Crippen LogP contribution in [-0.4, -0.2) is 11.7 Å². The number of nitrogens with zero attached hydrogens (tertiary/aromatic N) is 1. The van der Waals surface area contributed by atoms with Crippen LogP contribution in [0.25, 0.3) is 0 Å². The molecule has 1 aliphatic rings. The molecule has 0 radical (unpaired) electrons. The van der Waals surface area contributed by atoms with Gasteiger partial charge in [-0.15, -0.1) is 0 Å². The Morgan fingerprint density at radius 1 is 1.40 bits per heavy atom. The molecule has 3 nitrogen and oxygen atoms in total. The first-order valence-electron chi connectivity index (χ1n) is 5.27. The van der Waals surface area contributed by atoms with Crippen LogP contribution in [0.3, 0.4) is 0 Å².